The molecule has 2 amide bonds. The third-order valence-corrected chi connectivity index (χ3v) is 3.83. The van der Waals surface area contributed by atoms with Crippen molar-refractivity contribution in [2.75, 3.05) is 17.2 Å². The topological polar surface area (TPSA) is 111 Å². The number of nitrogens with zero attached hydrogens (tertiary/aromatic N) is 1. The summed E-state index contributed by atoms with van der Waals surface area (Å²) < 4.78 is 4.82. The molecule has 8 nitrogen and oxygen atoms in total. The average molecular weight is 378 g/mol. The zero-order valence-electron chi connectivity index (χ0n) is 14.0. The van der Waals surface area contributed by atoms with E-state index in [9.17, 15) is 19.7 Å². The van der Waals surface area contributed by atoms with Gasteiger partial charge >= 0.3 is 6.09 Å². The van der Waals surface area contributed by atoms with Gasteiger partial charge in [-0.1, -0.05) is 17.7 Å². The second-order valence-electron chi connectivity index (χ2n) is 5.20. The molecule has 0 heterocycles. The highest BCUT2D eigenvalue weighted by atomic mass is 35.5. The Kier molecular flexibility index (Phi) is 6.13. The molecular formula is C17H16ClN3O5. The predicted molar refractivity (Wildman–Crippen MR) is 97.9 cm³/mol. The number of halogens is 1. The van der Waals surface area contributed by atoms with Gasteiger partial charge in [-0.15, -0.1) is 0 Å². The van der Waals surface area contributed by atoms with Crippen molar-refractivity contribution in [2.24, 2.45) is 0 Å². The number of amides is 2. The highest BCUT2D eigenvalue weighted by Gasteiger charge is 2.17. The summed E-state index contributed by atoms with van der Waals surface area (Å²) in [6.45, 7) is 3.62. The van der Waals surface area contributed by atoms with Crippen LogP contribution in [0.4, 0.5) is 21.9 Å². The van der Waals surface area contributed by atoms with Crippen molar-refractivity contribution >= 4 is 40.7 Å². The summed E-state index contributed by atoms with van der Waals surface area (Å²) in [5.41, 5.74) is 1.21. The van der Waals surface area contributed by atoms with Crippen LogP contribution in [0.3, 0.4) is 0 Å². The lowest BCUT2D eigenvalue weighted by Crippen LogP contribution is -2.16. The molecule has 0 bridgehead atoms. The average Bonchev–Trinajstić information content (AvgIpc) is 2.58. The number of carbonyl (C=O) groups excluding carboxylic acids is 2. The molecule has 0 aliphatic rings. The quantitative estimate of drug-likeness (QED) is 0.593. The molecule has 0 saturated carbocycles. The Morgan fingerprint density at radius 3 is 2.46 bits per heavy atom. The third kappa shape index (κ3) is 4.48. The molecule has 0 fully saturated rings. The fourth-order valence-electron chi connectivity index (χ4n) is 2.17. The summed E-state index contributed by atoms with van der Waals surface area (Å²) in [7, 11) is 0. The lowest BCUT2D eigenvalue weighted by molar-refractivity contribution is -0.384. The van der Waals surface area contributed by atoms with E-state index in [1.165, 1.54) is 12.1 Å². The number of hydrogen-bond donors (Lipinski definition) is 2. The van der Waals surface area contributed by atoms with Gasteiger partial charge in [0.25, 0.3) is 11.6 Å². The van der Waals surface area contributed by atoms with E-state index in [-0.39, 0.29) is 22.9 Å². The summed E-state index contributed by atoms with van der Waals surface area (Å²) >= 11 is 5.98. The first-order chi connectivity index (χ1) is 12.3. The molecule has 0 atom stereocenters. The molecule has 26 heavy (non-hydrogen) atoms. The minimum atomic E-state index is -0.610. The van der Waals surface area contributed by atoms with Crippen LogP contribution in [0, 0.1) is 17.0 Å². The fourth-order valence-corrected chi connectivity index (χ4v) is 2.38. The first kappa shape index (κ1) is 19.2. The number of nitro benzene ring substituents is 1. The largest absolute Gasteiger partial charge is 0.450 e. The number of anilines is 2. The highest BCUT2D eigenvalue weighted by Crippen LogP contribution is 2.26. The molecule has 0 aliphatic heterocycles. The number of carbonyl (C=O) groups is 2. The normalized spacial score (nSPS) is 10.1. The van der Waals surface area contributed by atoms with E-state index in [0.717, 1.165) is 6.07 Å². The van der Waals surface area contributed by atoms with E-state index < -0.39 is 16.9 Å². The van der Waals surface area contributed by atoms with Crippen LogP contribution in [0.15, 0.2) is 36.4 Å². The van der Waals surface area contributed by atoms with Gasteiger partial charge in [0, 0.05) is 23.5 Å². The molecule has 9 heteroatoms. The second kappa shape index (κ2) is 8.30. The number of nitro groups is 1. The van der Waals surface area contributed by atoms with Gasteiger partial charge in [-0.25, -0.2) is 4.79 Å². The number of ether oxygens (including phenoxy) is 1. The monoisotopic (exact) mass is 377 g/mol. The lowest BCUT2D eigenvalue weighted by atomic mass is 10.1. The van der Waals surface area contributed by atoms with Crippen LogP contribution in [-0.4, -0.2) is 23.5 Å². The van der Waals surface area contributed by atoms with Gasteiger partial charge in [-0.05, 0) is 37.6 Å². The molecule has 2 rings (SSSR count). The van der Waals surface area contributed by atoms with Crippen molar-refractivity contribution in [3.05, 3.63) is 62.7 Å². The number of nitrogens with one attached hydrogen (secondary N) is 2. The first-order valence-corrected chi connectivity index (χ1v) is 8.00. The minimum Gasteiger partial charge on any atom is -0.450 e. The van der Waals surface area contributed by atoms with Crippen molar-refractivity contribution in [3.63, 3.8) is 0 Å². The smallest absolute Gasteiger partial charge is 0.411 e. The molecule has 2 aromatic rings. The third-order valence-electron chi connectivity index (χ3n) is 3.50. The summed E-state index contributed by atoms with van der Waals surface area (Å²) in [5, 5.41) is 16.2. The standard InChI is InChI=1S/C17H16ClN3O5/c1-3-26-17(23)20-15-6-4-5-14(10(15)2)19-16(22)12-9-11(21(24)25)7-8-13(12)18/h4-9H,3H2,1-2H3,(H,19,22)(H,20,23). The Hall–Kier alpha value is -3.13. The molecule has 0 aliphatic carbocycles. The molecule has 0 saturated heterocycles. The van der Waals surface area contributed by atoms with Gasteiger partial charge in [0.1, 0.15) is 0 Å². The molecule has 2 N–H and O–H groups in total. The SMILES string of the molecule is CCOC(=O)Nc1cccc(NC(=O)c2cc([N+](=O)[O-])ccc2Cl)c1C. The lowest BCUT2D eigenvalue weighted by Gasteiger charge is -2.13. The van der Waals surface area contributed by atoms with Gasteiger partial charge in [0.15, 0.2) is 0 Å². The molecule has 2 aromatic carbocycles. The van der Waals surface area contributed by atoms with Crippen LogP contribution in [0.1, 0.15) is 22.8 Å². The molecule has 136 valence electrons. The summed E-state index contributed by atoms with van der Waals surface area (Å²) in [6, 6.07) is 8.54. The Balaban J connectivity index is 2.26. The van der Waals surface area contributed by atoms with Gasteiger partial charge in [-0.3, -0.25) is 20.2 Å². The highest BCUT2D eigenvalue weighted by molar-refractivity contribution is 6.34. The van der Waals surface area contributed by atoms with Crippen LogP contribution in [-0.2, 0) is 4.74 Å². The number of rotatable bonds is 5. The fraction of sp³-hybridized carbons (Fsp3) is 0.176. The van der Waals surface area contributed by atoms with E-state index in [2.05, 4.69) is 10.6 Å². The summed E-state index contributed by atoms with van der Waals surface area (Å²) in [5.74, 6) is -0.602. The molecule has 0 spiro atoms. The van der Waals surface area contributed by atoms with Gasteiger partial charge in [0.2, 0.25) is 0 Å². The van der Waals surface area contributed by atoms with Crippen LogP contribution in [0.25, 0.3) is 0 Å². The van der Waals surface area contributed by atoms with Crippen LogP contribution in [0.2, 0.25) is 5.02 Å². The van der Waals surface area contributed by atoms with Crippen molar-refractivity contribution in [1.29, 1.82) is 0 Å². The summed E-state index contributed by atoms with van der Waals surface area (Å²) in [4.78, 5) is 34.3. The summed E-state index contributed by atoms with van der Waals surface area (Å²) in [6.07, 6.45) is -0.610. The Labute approximate surface area is 154 Å². The Bertz CT molecular complexity index is 869. The molecule has 0 unspecified atom stereocenters. The van der Waals surface area contributed by atoms with Crippen molar-refractivity contribution in [1.82, 2.24) is 0 Å². The van der Waals surface area contributed by atoms with Crippen LogP contribution >= 0.6 is 11.6 Å². The minimum absolute atomic E-state index is 0.0241. The van der Waals surface area contributed by atoms with E-state index >= 15 is 0 Å². The van der Waals surface area contributed by atoms with Crippen LogP contribution in [0.5, 0.6) is 0 Å². The maximum absolute atomic E-state index is 12.5. The van der Waals surface area contributed by atoms with E-state index in [1.807, 2.05) is 0 Å². The Morgan fingerprint density at radius 2 is 1.85 bits per heavy atom. The molecule has 0 radical (unpaired) electrons. The zero-order valence-corrected chi connectivity index (χ0v) is 14.8. The predicted octanol–water partition coefficient (Wildman–Crippen LogP) is 4.38. The number of hydrogen-bond acceptors (Lipinski definition) is 5. The van der Waals surface area contributed by atoms with E-state index in [4.69, 9.17) is 16.3 Å². The first-order valence-electron chi connectivity index (χ1n) is 7.62. The second-order valence-corrected chi connectivity index (χ2v) is 5.61. The van der Waals surface area contributed by atoms with Crippen LogP contribution < -0.4 is 10.6 Å². The van der Waals surface area contributed by atoms with Gasteiger partial charge < -0.3 is 10.1 Å². The van der Waals surface area contributed by atoms with Crippen molar-refractivity contribution in [3.8, 4) is 0 Å². The van der Waals surface area contributed by atoms with Crippen molar-refractivity contribution in [2.45, 2.75) is 13.8 Å². The Morgan fingerprint density at radius 1 is 1.19 bits per heavy atom. The van der Waals surface area contributed by atoms with E-state index in [0.29, 0.717) is 16.9 Å². The number of benzene rings is 2. The molecule has 0 aromatic heterocycles. The molecular weight excluding hydrogens is 362 g/mol. The van der Waals surface area contributed by atoms with Gasteiger partial charge in [0.05, 0.1) is 22.1 Å². The maximum Gasteiger partial charge on any atom is 0.411 e. The maximum atomic E-state index is 12.5. The number of non-ortho nitro benzene ring substituents is 1. The van der Waals surface area contributed by atoms with Crippen molar-refractivity contribution < 1.29 is 19.2 Å². The zero-order chi connectivity index (χ0) is 19.3. The van der Waals surface area contributed by atoms with E-state index in [1.54, 1.807) is 32.0 Å². The van der Waals surface area contributed by atoms with Gasteiger partial charge in [-0.2, -0.15) is 0 Å².